The normalized spacial score (nSPS) is 11.2. The zero-order valence-electron chi connectivity index (χ0n) is 8.76. The lowest BCUT2D eigenvalue weighted by Crippen LogP contribution is -2.28. The predicted molar refractivity (Wildman–Crippen MR) is 52.2 cm³/mol. The number of hydrogen-bond donors (Lipinski definition) is 1. The molecule has 4 nitrogen and oxygen atoms in total. The summed E-state index contributed by atoms with van der Waals surface area (Å²) in [6.07, 6.45) is 0.885. The van der Waals surface area contributed by atoms with Crippen LogP contribution >= 0.6 is 0 Å². The Morgan fingerprint density at radius 2 is 2.07 bits per heavy atom. The van der Waals surface area contributed by atoms with Crippen molar-refractivity contribution in [1.82, 2.24) is 4.98 Å². The SMILES string of the molecule is CC(C)(C)OC(=O)c1cc(F)c[nH]c1=O. The Hall–Kier alpha value is -1.65. The van der Waals surface area contributed by atoms with Gasteiger partial charge < -0.3 is 9.72 Å². The van der Waals surface area contributed by atoms with E-state index in [9.17, 15) is 14.0 Å². The maximum absolute atomic E-state index is 12.8. The number of aromatic nitrogens is 1. The number of nitrogens with one attached hydrogen (secondary N) is 1. The van der Waals surface area contributed by atoms with Gasteiger partial charge in [-0.2, -0.15) is 0 Å². The van der Waals surface area contributed by atoms with Crippen molar-refractivity contribution in [3.63, 3.8) is 0 Å². The number of aromatic amines is 1. The van der Waals surface area contributed by atoms with Crippen molar-refractivity contribution in [3.05, 3.63) is 34.0 Å². The number of carbonyl (C=O) groups excluding carboxylic acids is 1. The molecule has 0 radical (unpaired) electrons. The number of pyridine rings is 1. The van der Waals surface area contributed by atoms with E-state index in [-0.39, 0.29) is 5.56 Å². The molecule has 0 aromatic carbocycles. The van der Waals surface area contributed by atoms with Gasteiger partial charge in [-0.3, -0.25) is 4.79 Å². The lowest BCUT2D eigenvalue weighted by atomic mass is 10.2. The zero-order chi connectivity index (χ0) is 11.6. The summed E-state index contributed by atoms with van der Waals surface area (Å²) in [5.41, 5.74) is -1.70. The first-order valence-electron chi connectivity index (χ1n) is 4.41. The highest BCUT2D eigenvalue weighted by Crippen LogP contribution is 2.10. The van der Waals surface area contributed by atoms with Gasteiger partial charge in [-0.1, -0.05) is 0 Å². The van der Waals surface area contributed by atoms with Gasteiger partial charge >= 0.3 is 5.97 Å². The molecular weight excluding hydrogens is 201 g/mol. The lowest BCUT2D eigenvalue weighted by Gasteiger charge is -2.18. The van der Waals surface area contributed by atoms with Gasteiger partial charge in [-0.15, -0.1) is 0 Å². The molecular formula is C10H12FNO3. The van der Waals surface area contributed by atoms with Crippen molar-refractivity contribution in [1.29, 1.82) is 0 Å². The Labute approximate surface area is 86.1 Å². The molecule has 1 aromatic heterocycles. The van der Waals surface area contributed by atoms with E-state index in [0.717, 1.165) is 12.3 Å². The minimum absolute atomic E-state index is 0.329. The summed E-state index contributed by atoms with van der Waals surface area (Å²) in [5.74, 6) is -1.52. The summed E-state index contributed by atoms with van der Waals surface area (Å²) in [6.45, 7) is 5.00. The monoisotopic (exact) mass is 213 g/mol. The Kier molecular flexibility index (Phi) is 2.93. The third-order valence-corrected chi connectivity index (χ3v) is 1.49. The summed E-state index contributed by atoms with van der Waals surface area (Å²) in [4.78, 5) is 24.7. The largest absolute Gasteiger partial charge is 0.456 e. The van der Waals surface area contributed by atoms with Crippen molar-refractivity contribution in [2.75, 3.05) is 0 Å². The van der Waals surface area contributed by atoms with Crippen LogP contribution in [0.25, 0.3) is 0 Å². The molecule has 0 aliphatic heterocycles. The van der Waals surface area contributed by atoms with Gasteiger partial charge in [0.05, 0.1) is 0 Å². The van der Waals surface area contributed by atoms with Crippen LogP contribution in [0.15, 0.2) is 17.1 Å². The second-order valence-corrected chi connectivity index (χ2v) is 4.06. The number of esters is 1. The van der Waals surface area contributed by atoms with E-state index < -0.39 is 22.9 Å². The van der Waals surface area contributed by atoms with E-state index in [0.29, 0.717) is 0 Å². The molecule has 0 bridgehead atoms. The minimum Gasteiger partial charge on any atom is -0.456 e. The number of ether oxygens (including phenoxy) is 1. The molecule has 0 aliphatic rings. The summed E-state index contributed by atoms with van der Waals surface area (Å²) < 4.78 is 17.7. The van der Waals surface area contributed by atoms with E-state index in [2.05, 4.69) is 4.98 Å². The zero-order valence-corrected chi connectivity index (χ0v) is 8.76. The van der Waals surface area contributed by atoms with Gasteiger partial charge in [0.15, 0.2) is 0 Å². The highest BCUT2D eigenvalue weighted by atomic mass is 19.1. The van der Waals surface area contributed by atoms with Gasteiger partial charge in [0.25, 0.3) is 5.56 Å². The van der Waals surface area contributed by atoms with Crippen LogP contribution in [0.5, 0.6) is 0 Å². The lowest BCUT2D eigenvalue weighted by molar-refractivity contribution is 0.00669. The van der Waals surface area contributed by atoms with Crippen LogP contribution in [0.4, 0.5) is 4.39 Å². The second-order valence-electron chi connectivity index (χ2n) is 4.06. The quantitative estimate of drug-likeness (QED) is 0.718. The smallest absolute Gasteiger partial charge is 0.344 e. The van der Waals surface area contributed by atoms with E-state index in [1.165, 1.54) is 0 Å². The molecule has 82 valence electrons. The number of H-pyrrole nitrogens is 1. The fraction of sp³-hybridized carbons (Fsp3) is 0.400. The first-order chi connectivity index (χ1) is 6.79. The van der Waals surface area contributed by atoms with Gasteiger partial charge in [0.2, 0.25) is 0 Å². The molecule has 0 spiro atoms. The number of carbonyl (C=O) groups is 1. The molecule has 1 aromatic rings. The highest BCUT2D eigenvalue weighted by molar-refractivity contribution is 5.89. The van der Waals surface area contributed by atoms with Crippen LogP contribution in [0.2, 0.25) is 0 Å². The molecule has 0 unspecified atom stereocenters. The van der Waals surface area contributed by atoms with Crippen LogP contribution < -0.4 is 5.56 Å². The van der Waals surface area contributed by atoms with Gasteiger partial charge in [0.1, 0.15) is 17.0 Å². The Morgan fingerprint density at radius 1 is 1.47 bits per heavy atom. The molecule has 0 saturated carbocycles. The van der Waals surface area contributed by atoms with Crippen LogP contribution in [0.3, 0.4) is 0 Å². The van der Waals surface area contributed by atoms with Crippen molar-refractivity contribution in [2.45, 2.75) is 26.4 Å². The average Bonchev–Trinajstić information content (AvgIpc) is 2.06. The van der Waals surface area contributed by atoms with E-state index in [1.54, 1.807) is 20.8 Å². The molecule has 0 fully saturated rings. The van der Waals surface area contributed by atoms with Gasteiger partial charge in [-0.25, -0.2) is 9.18 Å². The third-order valence-electron chi connectivity index (χ3n) is 1.49. The first kappa shape index (κ1) is 11.4. The molecule has 1 rings (SSSR count). The van der Waals surface area contributed by atoms with Gasteiger partial charge in [0, 0.05) is 6.20 Å². The van der Waals surface area contributed by atoms with Crippen LogP contribution in [-0.4, -0.2) is 16.6 Å². The summed E-state index contributed by atoms with van der Waals surface area (Å²) in [6, 6.07) is 0.854. The topological polar surface area (TPSA) is 59.2 Å². The van der Waals surface area contributed by atoms with E-state index in [4.69, 9.17) is 4.74 Å². The molecule has 0 aliphatic carbocycles. The predicted octanol–water partition coefficient (Wildman–Crippen LogP) is 1.47. The molecule has 0 saturated heterocycles. The molecule has 0 atom stereocenters. The maximum atomic E-state index is 12.8. The summed E-state index contributed by atoms with van der Waals surface area (Å²) >= 11 is 0. The maximum Gasteiger partial charge on any atom is 0.344 e. The number of hydrogen-bond acceptors (Lipinski definition) is 3. The molecule has 15 heavy (non-hydrogen) atoms. The number of rotatable bonds is 1. The van der Waals surface area contributed by atoms with Gasteiger partial charge in [-0.05, 0) is 26.8 Å². The Morgan fingerprint density at radius 3 is 2.60 bits per heavy atom. The van der Waals surface area contributed by atoms with Crippen molar-refractivity contribution in [2.24, 2.45) is 0 Å². The highest BCUT2D eigenvalue weighted by Gasteiger charge is 2.20. The Balaban J connectivity index is 3.02. The Bertz CT molecular complexity index is 431. The second kappa shape index (κ2) is 3.84. The van der Waals surface area contributed by atoms with E-state index in [1.807, 2.05) is 0 Å². The molecule has 0 amide bonds. The van der Waals surface area contributed by atoms with Crippen LogP contribution in [0.1, 0.15) is 31.1 Å². The van der Waals surface area contributed by atoms with Crippen molar-refractivity contribution >= 4 is 5.97 Å². The van der Waals surface area contributed by atoms with Crippen molar-refractivity contribution < 1.29 is 13.9 Å². The molecule has 1 N–H and O–H groups in total. The summed E-state index contributed by atoms with van der Waals surface area (Å²) in [5, 5.41) is 0. The standard InChI is InChI=1S/C10H12FNO3/c1-10(2,3)15-9(14)7-4-6(11)5-12-8(7)13/h4-5H,1-3H3,(H,12,13). The third kappa shape index (κ3) is 3.19. The average molecular weight is 213 g/mol. The minimum atomic E-state index is -0.830. The fourth-order valence-corrected chi connectivity index (χ4v) is 0.942. The first-order valence-corrected chi connectivity index (χ1v) is 4.41. The van der Waals surface area contributed by atoms with E-state index >= 15 is 0 Å². The number of halogens is 1. The van der Waals surface area contributed by atoms with Crippen molar-refractivity contribution in [3.8, 4) is 0 Å². The molecule has 1 heterocycles. The summed E-state index contributed by atoms with van der Waals surface area (Å²) in [7, 11) is 0. The molecule has 5 heteroatoms. The van der Waals surface area contributed by atoms with Crippen LogP contribution in [-0.2, 0) is 4.74 Å². The van der Waals surface area contributed by atoms with Crippen LogP contribution in [0, 0.1) is 5.82 Å². The fourth-order valence-electron chi connectivity index (χ4n) is 0.942.